The van der Waals surface area contributed by atoms with Crippen LogP contribution in [0.2, 0.25) is 10.0 Å². The molecule has 6 aromatic carbocycles. The molecule has 0 heterocycles. The van der Waals surface area contributed by atoms with Crippen LogP contribution in [0.4, 0.5) is 39.8 Å². The summed E-state index contributed by atoms with van der Waals surface area (Å²) in [7, 11) is -4.69. The summed E-state index contributed by atoms with van der Waals surface area (Å²) in [6, 6.07) is 23.7. The van der Waals surface area contributed by atoms with Crippen molar-refractivity contribution in [3.63, 3.8) is 0 Å². The van der Waals surface area contributed by atoms with E-state index < -0.39 is 30.6 Å². The van der Waals surface area contributed by atoms with Crippen LogP contribution in [-0.2, 0) is 27.5 Å². The van der Waals surface area contributed by atoms with Crippen LogP contribution in [0.15, 0.2) is 133 Å². The third-order valence-electron chi connectivity index (χ3n) is 7.37. The minimum atomic E-state index is -4.69. The first kappa shape index (κ1) is 43.2. The zero-order valence-corrected chi connectivity index (χ0v) is 31.9. The van der Waals surface area contributed by atoms with Crippen molar-refractivity contribution in [2.45, 2.75) is 4.90 Å². The van der Waals surface area contributed by atoms with E-state index >= 15 is 0 Å². The minimum absolute atomic E-state index is 0. The molecule has 0 aliphatic heterocycles. The molecule has 290 valence electrons. The Bertz CT molecular complexity index is 2740. The Kier molecular flexibility index (Phi) is 13.9. The Morgan fingerprint density at radius 2 is 1.28 bits per heavy atom. The molecule has 0 saturated heterocycles. The van der Waals surface area contributed by atoms with Crippen molar-refractivity contribution < 1.29 is 60.6 Å². The molecule has 0 unspecified atom stereocenters. The van der Waals surface area contributed by atoms with E-state index in [0.717, 1.165) is 35.7 Å². The van der Waals surface area contributed by atoms with Crippen LogP contribution in [0.5, 0.6) is 23.0 Å². The molecular weight excluding hydrogens is 849 g/mol. The summed E-state index contributed by atoms with van der Waals surface area (Å²) in [5.74, 6) is -1.36. The fourth-order valence-corrected chi connectivity index (χ4v) is 5.78. The smallest absolute Gasteiger partial charge is 0.298 e. The zero-order valence-electron chi connectivity index (χ0n) is 28.3. The first-order valence-corrected chi connectivity index (χ1v) is 17.5. The van der Waals surface area contributed by atoms with Gasteiger partial charge < -0.3 is 20.4 Å². The second kappa shape index (κ2) is 18.4. The van der Waals surface area contributed by atoms with Crippen LogP contribution in [0.1, 0.15) is 5.56 Å². The van der Waals surface area contributed by atoms with E-state index in [1.807, 2.05) is 12.1 Å². The predicted molar refractivity (Wildman–Crippen MR) is 205 cm³/mol. The fraction of sp³-hybridized carbons (Fsp3) is 0. The molecule has 0 spiro atoms. The molecule has 0 aliphatic carbocycles. The number of phenolic OH excluding ortho intramolecular Hbond substituents is 4. The Morgan fingerprint density at radius 3 is 1.96 bits per heavy atom. The number of nitro groups is 2. The quantitative estimate of drug-likeness (QED) is 0.0299. The number of halogens is 2. The molecule has 0 atom stereocenters. The molecule has 22 heteroatoms. The van der Waals surface area contributed by atoms with Gasteiger partial charge in [-0.25, -0.2) is 0 Å². The number of aromatic hydroxyl groups is 4. The van der Waals surface area contributed by atoms with E-state index in [-0.39, 0.29) is 84.3 Å². The number of phenols is 4. The maximum Gasteiger partial charge on any atom is 0.298 e. The summed E-state index contributed by atoms with van der Waals surface area (Å²) in [4.78, 5) is 23.6. The third kappa shape index (κ3) is 10.8. The molecule has 18 nitrogen and oxygen atoms in total. The number of hydrogen-bond donors (Lipinski definition) is 5. The van der Waals surface area contributed by atoms with Crippen molar-refractivity contribution in [1.29, 1.82) is 0 Å². The molecule has 0 bridgehead atoms. The number of non-ortho nitro benzene ring substituents is 2. The van der Waals surface area contributed by atoms with E-state index in [1.165, 1.54) is 48.7 Å². The monoisotopic (exact) mass is 871 g/mol. The van der Waals surface area contributed by atoms with Gasteiger partial charge in [-0.05, 0) is 53.9 Å². The van der Waals surface area contributed by atoms with Crippen LogP contribution in [0.25, 0.3) is 10.8 Å². The van der Waals surface area contributed by atoms with E-state index in [1.54, 1.807) is 18.2 Å². The first-order chi connectivity index (χ1) is 26.5. The molecule has 6 aromatic rings. The second-order valence-corrected chi connectivity index (χ2v) is 13.4. The number of azo groups is 2. The van der Waals surface area contributed by atoms with Gasteiger partial charge in [0, 0.05) is 63.8 Å². The number of benzene rings is 6. The van der Waals surface area contributed by atoms with E-state index in [9.17, 15) is 49.1 Å². The average Bonchev–Trinajstić information content (AvgIpc) is 3.15. The van der Waals surface area contributed by atoms with Gasteiger partial charge in [0.15, 0.2) is 5.75 Å². The summed E-state index contributed by atoms with van der Waals surface area (Å²) in [6.07, 6.45) is 1.20. The SMILES string of the molecule is O=S(=O)(O)c1cc(Cl)cc(N=Nc2c(O)ccc3ccccc23)c1O.O=[N+]([O-])c1ccc(N=Nc2ccc(O)c(C=Nc3cc([N+](=O)[O-])ccc3O)c2)c(Cl)c1.[Cr]. The van der Waals surface area contributed by atoms with Gasteiger partial charge in [0.2, 0.25) is 0 Å². The molecule has 0 saturated carbocycles. The maximum absolute atomic E-state index is 11.3. The molecule has 0 aliphatic rings. The first-order valence-electron chi connectivity index (χ1n) is 15.3. The van der Waals surface area contributed by atoms with Crippen LogP contribution in [0, 0.1) is 20.2 Å². The topological polar surface area (TPSA) is 283 Å². The van der Waals surface area contributed by atoms with Crippen molar-refractivity contribution in [2.24, 2.45) is 25.4 Å². The largest absolute Gasteiger partial charge is 0.507 e. The van der Waals surface area contributed by atoms with Gasteiger partial charge in [-0.1, -0.05) is 53.5 Å². The Labute approximate surface area is 341 Å². The van der Waals surface area contributed by atoms with Gasteiger partial charge in [0.1, 0.15) is 44.9 Å². The number of nitrogens with zero attached hydrogens (tertiary/aromatic N) is 7. The van der Waals surface area contributed by atoms with Crippen molar-refractivity contribution in [3.8, 4) is 23.0 Å². The van der Waals surface area contributed by atoms with E-state index in [0.29, 0.717) is 11.1 Å². The van der Waals surface area contributed by atoms with Crippen LogP contribution in [-0.4, -0.2) is 49.5 Å². The third-order valence-corrected chi connectivity index (χ3v) is 8.76. The van der Waals surface area contributed by atoms with Crippen molar-refractivity contribution in [2.75, 3.05) is 0 Å². The van der Waals surface area contributed by atoms with Gasteiger partial charge >= 0.3 is 0 Å². The number of rotatable bonds is 9. The van der Waals surface area contributed by atoms with Crippen molar-refractivity contribution in [1.82, 2.24) is 0 Å². The van der Waals surface area contributed by atoms with E-state index in [4.69, 9.17) is 27.8 Å². The van der Waals surface area contributed by atoms with Gasteiger partial charge in [0.05, 0.1) is 20.6 Å². The van der Waals surface area contributed by atoms with Crippen LogP contribution in [0.3, 0.4) is 0 Å². The molecule has 6 rings (SSSR count). The van der Waals surface area contributed by atoms with E-state index in [2.05, 4.69) is 25.4 Å². The molecular formula is C35H23Cl2CrN7O11S. The van der Waals surface area contributed by atoms with Crippen LogP contribution >= 0.6 is 23.2 Å². The van der Waals surface area contributed by atoms with Crippen LogP contribution < -0.4 is 0 Å². The summed E-state index contributed by atoms with van der Waals surface area (Å²) >= 11 is 11.8. The molecule has 0 fully saturated rings. The second-order valence-electron chi connectivity index (χ2n) is 11.1. The van der Waals surface area contributed by atoms with Crippen molar-refractivity contribution >= 4 is 90.1 Å². The maximum atomic E-state index is 11.3. The molecule has 57 heavy (non-hydrogen) atoms. The predicted octanol–water partition coefficient (Wildman–Crippen LogP) is 10.3. The molecule has 0 radical (unpaired) electrons. The molecule has 0 amide bonds. The number of aliphatic imine (C=N–C) groups is 1. The van der Waals surface area contributed by atoms with Gasteiger partial charge in [-0.15, -0.1) is 15.3 Å². The Morgan fingerprint density at radius 1 is 0.649 bits per heavy atom. The normalized spacial score (nSPS) is 11.4. The summed E-state index contributed by atoms with van der Waals surface area (Å²) in [6.45, 7) is 0. The summed E-state index contributed by atoms with van der Waals surface area (Å²) in [5.41, 5.74) is 0.0935. The zero-order chi connectivity index (χ0) is 40.7. The Hall–Kier alpha value is -6.53. The van der Waals surface area contributed by atoms with Gasteiger partial charge in [-0.2, -0.15) is 13.5 Å². The van der Waals surface area contributed by atoms with Gasteiger partial charge in [-0.3, -0.25) is 29.8 Å². The number of fused-ring (bicyclic) bond motifs is 1. The van der Waals surface area contributed by atoms with Gasteiger partial charge in [0.25, 0.3) is 21.5 Å². The Balaban J connectivity index is 0.000000254. The molecule has 5 N–H and O–H groups in total. The standard InChI is InChI=1S/C19H12ClN5O6.C16H11ClN2O5S.Cr/c20-15-8-13(24(28)29)2-4-16(15)23-22-12-1-5-18(26)11(7-12)10-21-17-9-14(25(30)31)3-6-19(17)27;17-10-7-12(16(21)14(8-10)25(22,23)24)18-19-15-11-4-2-1-3-9(11)5-6-13(15)20;/h1-10,26-27H;1-8,20-21H,(H,22,23,24);. The number of nitro benzene ring substituents is 2. The summed E-state index contributed by atoms with van der Waals surface area (Å²) < 4.78 is 31.7. The average molecular weight is 873 g/mol. The number of hydrogen-bond acceptors (Lipinski definition) is 15. The fourth-order valence-electron chi connectivity index (χ4n) is 4.66. The summed E-state index contributed by atoms with van der Waals surface area (Å²) in [5, 5.41) is 78.5. The van der Waals surface area contributed by atoms with Crippen molar-refractivity contribution in [3.05, 3.63) is 139 Å². The molecule has 0 aromatic heterocycles. The minimum Gasteiger partial charge on any atom is -0.507 e.